The summed E-state index contributed by atoms with van der Waals surface area (Å²) >= 11 is 0. The van der Waals surface area contributed by atoms with Crippen LogP contribution in [0.4, 0.5) is 11.4 Å². The summed E-state index contributed by atoms with van der Waals surface area (Å²) in [7, 11) is 0. The van der Waals surface area contributed by atoms with Gasteiger partial charge in [0.2, 0.25) is 0 Å². The fraction of sp³-hybridized carbons (Fsp3) is 0.462. The van der Waals surface area contributed by atoms with Gasteiger partial charge in [-0.25, -0.2) is 0 Å². The Morgan fingerprint density at radius 1 is 1.30 bits per heavy atom. The summed E-state index contributed by atoms with van der Waals surface area (Å²) in [5, 5.41) is 13.7. The van der Waals surface area contributed by atoms with Crippen molar-refractivity contribution in [2.75, 3.05) is 5.73 Å². The lowest BCUT2D eigenvalue weighted by Crippen LogP contribution is -2.40. The van der Waals surface area contributed by atoms with Gasteiger partial charge in [0.1, 0.15) is 5.69 Å². The molecule has 108 valence electrons. The Morgan fingerprint density at radius 3 is 2.55 bits per heavy atom. The van der Waals surface area contributed by atoms with E-state index in [2.05, 4.69) is 5.32 Å². The molecule has 1 aliphatic carbocycles. The second-order valence-electron chi connectivity index (χ2n) is 5.12. The standard InChI is InChI=1S/C13H18N4O3/c14-9-2-4-10(5-3-9)16-13(18)8-1-6-11(15)12(7-8)17(19)20/h1,6-7,9-10H,2-5,14-15H2,(H,16,18). The van der Waals surface area contributed by atoms with Gasteiger partial charge in [-0.15, -0.1) is 0 Å². The Labute approximate surface area is 116 Å². The van der Waals surface area contributed by atoms with E-state index < -0.39 is 4.92 Å². The van der Waals surface area contributed by atoms with Gasteiger partial charge in [-0.05, 0) is 37.8 Å². The Morgan fingerprint density at radius 2 is 1.95 bits per heavy atom. The lowest BCUT2D eigenvalue weighted by atomic mass is 9.91. The first-order valence-corrected chi connectivity index (χ1v) is 6.57. The predicted octanol–water partition coefficient (Wildman–Crippen LogP) is 1.18. The molecule has 0 spiro atoms. The number of nitrogens with two attached hydrogens (primary N) is 2. The molecule has 2 rings (SSSR count). The van der Waals surface area contributed by atoms with Crippen LogP contribution in [0.5, 0.6) is 0 Å². The van der Waals surface area contributed by atoms with Crippen molar-refractivity contribution in [3.05, 3.63) is 33.9 Å². The van der Waals surface area contributed by atoms with Gasteiger partial charge < -0.3 is 16.8 Å². The van der Waals surface area contributed by atoms with Crippen LogP contribution < -0.4 is 16.8 Å². The van der Waals surface area contributed by atoms with Crippen molar-refractivity contribution in [1.29, 1.82) is 0 Å². The number of nitrogens with one attached hydrogen (secondary N) is 1. The van der Waals surface area contributed by atoms with Crippen molar-refractivity contribution in [3.8, 4) is 0 Å². The largest absolute Gasteiger partial charge is 0.393 e. The smallest absolute Gasteiger partial charge is 0.292 e. The van der Waals surface area contributed by atoms with E-state index in [4.69, 9.17) is 11.5 Å². The molecule has 0 saturated heterocycles. The molecule has 7 nitrogen and oxygen atoms in total. The number of nitro groups is 1. The molecule has 0 atom stereocenters. The van der Waals surface area contributed by atoms with Crippen molar-refractivity contribution in [2.45, 2.75) is 37.8 Å². The van der Waals surface area contributed by atoms with Crippen LogP contribution in [-0.2, 0) is 0 Å². The molecule has 1 amide bonds. The molecule has 1 aromatic rings. The predicted molar refractivity (Wildman–Crippen MR) is 75.2 cm³/mol. The minimum atomic E-state index is -0.592. The Hall–Kier alpha value is -2.15. The molecule has 0 aliphatic heterocycles. The number of benzene rings is 1. The number of nitrogen functional groups attached to an aromatic ring is 1. The van der Waals surface area contributed by atoms with Crippen molar-refractivity contribution < 1.29 is 9.72 Å². The fourth-order valence-electron chi connectivity index (χ4n) is 2.38. The summed E-state index contributed by atoms with van der Waals surface area (Å²) < 4.78 is 0. The highest BCUT2D eigenvalue weighted by atomic mass is 16.6. The van der Waals surface area contributed by atoms with Crippen LogP contribution in [0.15, 0.2) is 18.2 Å². The number of rotatable bonds is 3. The summed E-state index contributed by atoms with van der Waals surface area (Å²) in [5.74, 6) is -0.312. The van der Waals surface area contributed by atoms with Gasteiger partial charge in [-0.1, -0.05) is 0 Å². The van der Waals surface area contributed by atoms with E-state index in [1.54, 1.807) is 0 Å². The Bertz CT molecular complexity index is 524. The molecule has 1 fully saturated rings. The summed E-state index contributed by atoms with van der Waals surface area (Å²) in [5.41, 5.74) is 11.4. The maximum Gasteiger partial charge on any atom is 0.292 e. The fourth-order valence-corrected chi connectivity index (χ4v) is 2.38. The number of nitrogens with zero attached hydrogens (tertiary/aromatic N) is 1. The lowest BCUT2D eigenvalue weighted by molar-refractivity contribution is -0.383. The monoisotopic (exact) mass is 278 g/mol. The maximum absolute atomic E-state index is 12.1. The number of anilines is 1. The molecule has 0 bridgehead atoms. The van der Waals surface area contributed by atoms with E-state index in [0.29, 0.717) is 0 Å². The van der Waals surface area contributed by atoms with Gasteiger partial charge in [-0.2, -0.15) is 0 Å². The van der Waals surface area contributed by atoms with Crippen LogP contribution in [0.2, 0.25) is 0 Å². The average molecular weight is 278 g/mol. The zero-order valence-corrected chi connectivity index (χ0v) is 11.0. The van der Waals surface area contributed by atoms with Crippen LogP contribution in [-0.4, -0.2) is 22.9 Å². The minimum Gasteiger partial charge on any atom is -0.393 e. The number of hydrogen-bond donors (Lipinski definition) is 3. The second kappa shape index (κ2) is 5.87. The number of carbonyl (C=O) groups is 1. The van der Waals surface area contributed by atoms with Crippen LogP contribution in [0, 0.1) is 10.1 Å². The first kappa shape index (κ1) is 14.3. The molecule has 0 heterocycles. The molecule has 1 saturated carbocycles. The van der Waals surface area contributed by atoms with Gasteiger partial charge in [0, 0.05) is 23.7 Å². The Balaban J connectivity index is 2.06. The summed E-state index contributed by atoms with van der Waals surface area (Å²) in [6, 6.07) is 4.37. The molecule has 0 unspecified atom stereocenters. The van der Waals surface area contributed by atoms with Crippen LogP contribution in [0.1, 0.15) is 36.0 Å². The normalized spacial score (nSPS) is 22.2. The summed E-state index contributed by atoms with van der Waals surface area (Å²) in [6.45, 7) is 0. The third-order valence-electron chi connectivity index (χ3n) is 3.60. The van der Waals surface area contributed by atoms with E-state index >= 15 is 0 Å². The highest BCUT2D eigenvalue weighted by Crippen LogP contribution is 2.23. The molecule has 5 N–H and O–H groups in total. The molecular formula is C13H18N4O3. The minimum absolute atomic E-state index is 0.0511. The molecule has 1 aromatic carbocycles. The molecule has 1 aliphatic rings. The van der Waals surface area contributed by atoms with Crippen molar-refractivity contribution >= 4 is 17.3 Å². The van der Waals surface area contributed by atoms with Gasteiger partial charge in [-0.3, -0.25) is 14.9 Å². The first-order chi connectivity index (χ1) is 9.47. The topological polar surface area (TPSA) is 124 Å². The van der Waals surface area contributed by atoms with E-state index in [9.17, 15) is 14.9 Å². The third kappa shape index (κ3) is 3.24. The quantitative estimate of drug-likeness (QED) is 0.435. The number of hydrogen-bond acceptors (Lipinski definition) is 5. The first-order valence-electron chi connectivity index (χ1n) is 6.57. The molecular weight excluding hydrogens is 260 g/mol. The number of carbonyl (C=O) groups excluding carboxylic acids is 1. The molecule has 0 aromatic heterocycles. The number of nitro benzene ring substituents is 1. The maximum atomic E-state index is 12.1. The van der Waals surface area contributed by atoms with E-state index in [-0.39, 0.29) is 34.9 Å². The second-order valence-corrected chi connectivity index (χ2v) is 5.12. The van der Waals surface area contributed by atoms with E-state index in [1.165, 1.54) is 18.2 Å². The Kier molecular flexibility index (Phi) is 4.19. The van der Waals surface area contributed by atoms with Gasteiger partial charge in [0.05, 0.1) is 4.92 Å². The van der Waals surface area contributed by atoms with Gasteiger partial charge in [0.25, 0.3) is 11.6 Å². The average Bonchev–Trinajstić information content (AvgIpc) is 2.41. The SMILES string of the molecule is Nc1ccc(C(=O)NC2CCC(N)CC2)cc1[N+](=O)[O-]. The van der Waals surface area contributed by atoms with Gasteiger partial charge >= 0.3 is 0 Å². The summed E-state index contributed by atoms with van der Waals surface area (Å²) in [4.78, 5) is 22.3. The van der Waals surface area contributed by atoms with Gasteiger partial charge in [0.15, 0.2) is 0 Å². The number of amides is 1. The third-order valence-corrected chi connectivity index (χ3v) is 3.60. The zero-order valence-electron chi connectivity index (χ0n) is 11.0. The van der Waals surface area contributed by atoms with Crippen LogP contribution in [0.25, 0.3) is 0 Å². The highest BCUT2D eigenvalue weighted by molar-refractivity contribution is 5.95. The van der Waals surface area contributed by atoms with E-state index in [0.717, 1.165) is 25.7 Å². The van der Waals surface area contributed by atoms with Crippen LogP contribution in [0.3, 0.4) is 0 Å². The van der Waals surface area contributed by atoms with Crippen LogP contribution >= 0.6 is 0 Å². The molecule has 20 heavy (non-hydrogen) atoms. The molecule has 0 radical (unpaired) electrons. The van der Waals surface area contributed by atoms with Crippen molar-refractivity contribution in [3.63, 3.8) is 0 Å². The van der Waals surface area contributed by atoms with Crippen molar-refractivity contribution in [2.24, 2.45) is 5.73 Å². The van der Waals surface area contributed by atoms with Crippen molar-refractivity contribution in [1.82, 2.24) is 5.32 Å². The van der Waals surface area contributed by atoms with E-state index in [1.807, 2.05) is 0 Å². The summed E-state index contributed by atoms with van der Waals surface area (Å²) in [6.07, 6.45) is 3.44. The lowest BCUT2D eigenvalue weighted by Gasteiger charge is -2.26. The molecule has 7 heteroatoms. The zero-order chi connectivity index (χ0) is 14.7. The highest BCUT2D eigenvalue weighted by Gasteiger charge is 2.22.